The minimum absolute atomic E-state index is 0.0399. The van der Waals surface area contributed by atoms with Crippen molar-refractivity contribution < 1.29 is 9.59 Å². The fourth-order valence-electron chi connectivity index (χ4n) is 1.95. The third-order valence-corrected chi connectivity index (χ3v) is 3.01. The van der Waals surface area contributed by atoms with Crippen LogP contribution in [0, 0.1) is 5.92 Å². The highest BCUT2D eigenvalue weighted by Crippen LogP contribution is 2.12. The SMILES string of the molecule is CCCc1ccc(NC(=O)[C@@H](NC(N)=O)C(C)C)cc1. The van der Waals surface area contributed by atoms with Gasteiger partial charge in [-0.3, -0.25) is 4.79 Å². The van der Waals surface area contributed by atoms with Crippen molar-refractivity contribution in [1.82, 2.24) is 5.32 Å². The van der Waals surface area contributed by atoms with Crippen LogP contribution in [-0.4, -0.2) is 18.0 Å². The van der Waals surface area contributed by atoms with E-state index >= 15 is 0 Å². The second-order valence-electron chi connectivity index (χ2n) is 5.17. The van der Waals surface area contributed by atoms with E-state index in [9.17, 15) is 9.59 Å². The van der Waals surface area contributed by atoms with Crippen molar-refractivity contribution in [3.63, 3.8) is 0 Å². The van der Waals surface area contributed by atoms with Crippen molar-refractivity contribution in [3.05, 3.63) is 29.8 Å². The maximum Gasteiger partial charge on any atom is 0.312 e. The second-order valence-corrected chi connectivity index (χ2v) is 5.17. The number of aryl methyl sites for hydroxylation is 1. The van der Waals surface area contributed by atoms with Crippen LogP contribution in [0.1, 0.15) is 32.8 Å². The van der Waals surface area contributed by atoms with Crippen LogP contribution in [0.15, 0.2) is 24.3 Å². The number of amides is 3. The molecule has 0 aliphatic heterocycles. The van der Waals surface area contributed by atoms with Gasteiger partial charge in [-0.25, -0.2) is 4.79 Å². The summed E-state index contributed by atoms with van der Waals surface area (Å²) in [5.41, 5.74) is 7.04. The van der Waals surface area contributed by atoms with Gasteiger partial charge in [-0.15, -0.1) is 0 Å². The number of hydrogen-bond acceptors (Lipinski definition) is 2. The van der Waals surface area contributed by atoms with Crippen LogP contribution in [0.5, 0.6) is 0 Å². The Balaban J connectivity index is 2.69. The molecule has 1 aromatic rings. The number of carbonyl (C=O) groups is 2. The van der Waals surface area contributed by atoms with Gasteiger partial charge >= 0.3 is 6.03 Å². The van der Waals surface area contributed by atoms with E-state index in [0.29, 0.717) is 5.69 Å². The van der Waals surface area contributed by atoms with Crippen LogP contribution in [0.4, 0.5) is 10.5 Å². The molecule has 0 unspecified atom stereocenters. The summed E-state index contributed by atoms with van der Waals surface area (Å²) in [5, 5.41) is 5.25. The van der Waals surface area contributed by atoms with Crippen LogP contribution in [0.2, 0.25) is 0 Å². The molecule has 110 valence electrons. The Morgan fingerprint density at radius 1 is 1.20 bits per heavy atom. The fourth-order valence-corrected chi connectivity index (χ4v) is 1.95. The predicted octanol–water partition coefficient (Wildman–Crippen LogP) is 2.27. The Morgan fingerprint density at radius 2 is 1.80 bits per heavy atom. The van der Waals surface area contributed by atoms with Crippen LogP contribution in [-0.2, 0) is 11.2 Å². The Morgan fingerprint density at radius 3 is 2.25 bits per heavy atom. The summed E-state index contributed by atoms with van der Waals surface area (Å²) in [7, 11) is 0. The molecule has 20 heavy (non-hydrogen) atoms. The summed E-state index contributed by atoms with van der Waals surface area (Å²) in [6.45, 7) is 5.83. The molecular weight excluding hydrogens is 254 g/mol. The van der Waals surface area contributed by atoms with Gasteiger partial charge in [-0.05, 0) is 30.0 Å². The van der Waals surface area contributed by atoms with E-state index in [4.69, 9.17) is 5.73 Å². The lowest BCUT2D eigenvalue weighted by molar-refractivity contribution is -0.118. The third kappa shape index (κ3) is 4.91. The quantitative estimate of drug-likeness (QED) is 0.745. The Bertz CT molecular complexity index is 455. The lowest BCUT2D eigenvalue weighted by Gasteiger charge is -2.20. The first-order chi connectivity index (χ1) is 9.43. The lowest BCUT2D eigenvalue weighted by Crippen LogP contribution is -2.49. The molecule has 4 N–H and O–H groups in total. The van der Waals surface area contributed by atoms with Crippen molar-refractivity contribution in [2.45, 2.75) is 39.7 Å². The number of anilines is 1. The topological polar surface area (TPSA) is 84.2 Å². The Kier molecular flexibility index (Phi) is 6.03. The van der Waals surface area contributed by atoms with E-state index in [1.54, 1.807) is 0 Å². The maximum atomic E-state index is 12.1. The highest BCUT2D eigenvalue weighted by atomic mass is 16.2. The number of nitrogens with two attached hydrogens (primary N) is 1. The zero-order chi connectivity index (χ0) is 15.1. The average molecular weight is 277 g/mol. The molecule has 0 heterocycles. The molecule has 0 aromatic heterocycles. The summed E-state index contributed by atoms with van der Waals surface area (Å²) in [5.74, 6) is -0.302. The van der Waals surface area contributed by atoms with Crippen LogP contribution >= 0.6 is 0 Å². The summed E-state index contributed by atoms with van der Waals surface area (Å²) in [6, 6.07) is 6.38. The molecule has 0 fully saturated rings. The maximum absolute atomic E-state index is 12.1. The summed E-state index contributed by atoms with van der Waals surface area (Å²) >= 11 is 0. The van der Waals surface area contributed by atoms with Crippen LogP contribution < -0.4 is 16.4 Å². The number of hydrogen-bond donors (Lipinski definition) is 3. The number of benzene rings is 1. The molecule has 0 saturated heterocycles. The van der Waals surface area contributed by atoms with Crippen LogP contribution in [0.25, 0.3) is 0 Å². The van der Waals surface area contributed by atoms with E-state index in [1.165, 1.54) is 5.56 Å². The summed E-state index contributed by atoms with van der Waals surface area (Å²) in [4.78, 5) is 23.0. The second kappa shape index (κ2) is 7.53. The molecule has 5 nitrogen and oxygen atoms in total. The Labute approximate surface area is 119 Å². The third-order valence-electron chi connectivity index (χ3n) is 3.01. The standard InChI is InChI=1S/C15H23N3O2/c1-4-5-11-6-8-12(9-7-11)17-14(19)13(10(2)3)18-15(16)20/h6-10,13H,4-5H2,1-3H3,(H,17,19)(H3,16,18,20)/t13-/m0/s1. The molecule has 1 aromatic carbocycles. The summed E-state index contributed by atoms with van der Waals surface area (Å²) in [6.07, 6.45) is 2.11. The normalized spacial score (nSPS) is 12.0. The van der Waals surface area contributed by atoms with Crippen molar-refractivity contribution in [3.8, 4) is 0 Å². The molecule has 1 atom stereocenters. The van der Waals surface area contributed by atoms with Crippen molar-refractivity contribution in [2.75, 3.05) is 5.32 Å². The van der Waals surface area contributed by atoms with E-state index in [1.807, 2.05) is 38.1 Å². The van der Waals surface area contributed by atoms with Crippen molar-refractivity contribution in [1.29, 1.82) is 0 Å². The first kappa shape index (κ1) is 16.0. The van der Waals surface area contributed by atoms with Gasteiger partial charge in [0, 0.05) is 5.69 Å². The minimum Gasteiger partial charge on any atom is -0.352 e. The molecule has 0 spiro atoms. The molecule has 5 heteroatoms. The monoisotopic (exact) mass is 277 g/mol. The first-order valence-electron chi connectivity index (χ1n) is 6.89. The number of rotatable bonds is 6. The first-order valence-corrected chi connectivity index (χ1v) is 6.89. The highest BCUT2D eigenvalue weighted by Gasteiger charge is 2.23. The Hall–Kier alpha value is -2.04. The highest BCUT2D eigenvalue weighted by molar-refractivity contribution is 5.97. The molecule has 0 aliphatic carbocycles. The van der Waals surface area contributed by atoms with E-state index in [2.05, 4.69) is 17.6 Å². The zero-order valence-electron chi connectivity index (χ0n) is 12.3. The van der Waals surface area contributed by atoms with Crippen molar-refractivity contribution >= 4 is 17.6 Å². The van der Waals surface area contributed by atoms with E-state index in [-0.39, 0.29) is 11.8 Å². The van der Waals surface area contributed by atoms with Gasteiger partial charge in [0.1, 0.15) is 6.04 Å². The number of urea groups is 1. The van der Waals surface area contributed by atoms with Gasteiger partial charge in [-0.2, -0.15) is 0 Å². The minimum atomic E-state index is -0.697. The number of primary amides is 1. The van der Waals surface area contributed by atoms with Crippen molar-refractivity contribution in [2.24, 2.45) is 11.7 Å². The van der Waals surface area contributed by atoms with Crippen LogP contribution in [0.3, 0.4) is 0 Å². The van der Waals surface area contributed by atoms with Gasteiger partial charge in [0.15, 0.2) is 0 Å². The predicted molar refractivity (Wildman–Crippen MR) is 80.4 cm³/mol. The van der Waals surface area contributed by atoms with Gasteiger partial charge in [0.2, 0.25) is 5.91 Å². The molecule has 0 saturated carbocycles. The number of carbonyl (C=O) groups excluding carboxylic acids is 2. The van der Waals surface area contributed by atoms with Gasteiger partial charge < -0.3 is 16.4 Å². The van der Waals surface area contributed by atoms with E-state index in [0.717, 1.165) is 12.8 Å². The molecule has 0 radical (unpaired) electrons. The largest absolute Gasteiger partial charge is 0.352 e. The van der Waals surface area contributed by atoms with E-state index < -0.39 is 12.1 Å². The fraction of sp³-hybridized carbons (Fsp3) is 0.467. The number of nitrogens with one attached hydrogen (secondary N) is 2. The smallest absolute Gasteiger partial charge is 0.312 e. The zero-order valence-corrected chi connectivity index (χ0v) is 12.3. The van der Waals surface area contributed by atoms with Gasteiger partial charge in [0.25, 0.3) is 0 Å². The lowest BCUT2D eigenvalue weighted by atomic mass is 10.0. The summed E-state index contributed by atoms with van der Waals surface area (Å²) < 4.78 is 0. The molecule has 0 aliphatic rings. The van der Waals surface area contributed by atoms with Gasteiger partial charge in [-0.1, -0.05) is 39.3 Å². The molecule has 3 amide bonds. The molecule has 0 bridgehead atoms. The molecule has 1 rings (SSSR count). The molecular formula is C15H23N3O2. The van der Waals surface area contributed by atoms with Gasteiger partial charge in [0.05, 0.1) is 0 Å². The average Bonchev–Trinajstić information content (AvgIpc) is 2.38.